The van der Waals surface area contributed by atoms with Crippen molar-refractivity contribution in [2.75, 3.05) is 6.54 Å². The van der Waals surface area contributed by atoms with Gasteiger partial charge in [0, 0.05) is 18.5 Å². The standard InChI is InChI=1S/C19H30N2O2.ClH/c20-14-8-2-1-3-13-19(22)21-15-16-9-4-7-12-18(16)23-17-10-5-6-11-17;/h4,7,9,12,17H,1-3,5-6,8,10-11,13-15,20H2,(H,21,22);1H. The molecular formula is C19H31ClN2O2. The van der Waals surface area contributed by atoms with Crippen molar-refractivity contribution >= 4 is 18.3 Å². The normalized spacial score (nSPS) is 14.2. The largest absolute Gasteiger partial charge is 0.490 e. The fourth-order valence-corrected chi connectivity index (χ4v) is 3.02. The average molecular weight is 355 g/mol. The summed E-state index contributed by atoms with van der Waals surface area (Å²) in [6.45, 7) is 1.29. The van der Waals surface area contributed by atoms with Gasteiger partial charge >= 0.3 is 0 Å². The number of halogens is 1. The van der Waals surface area contributed by atoms with Crippen molar-refractivity contribution in [2.45, 2.75) is 70.4 Å². The maximum Gasteiger partial charge on any atom is 0.220 e. The summed E-state index contributed by atoms with van der Waals surface area (Å²) in [4.78, 5) is 11.9. The molecule has 0 spiro atoms. The maximum absolute atomic E-state index is 11.9. The highest BCUT2D eigenvalue weighted by atomic mass is 35.5. The number of carbonyl (C=O) groups is 1. The minimum absolute atomic E-state index is 0. The molecule has 5 heteroatoms. The van der Waals surface area contributed by atoms with Crippen LogP contribution in [0, 0.1) is 0 Å². The molecule has 1 aromatic carbocycles. The van der Waals surface area contributed by atoms with Crippen LogP contribution >= 0.6 is 12.4 Å². The van der Waals surface area contributed by atoms with Crippen LogP contribution in [0.15, 0.2) is 24.3 Å². The third kappa shape index (κ3) is 7.54. The van der Waals surface area contributed by atoms with E-state index in [9.17, 15) is 4.79 Å². The number of ether oxygens (including phenoxy) is 1. The van der Waals surface area contributed by atoms with Crippen LogP contribution in [0.1, 0.15) is 63.4 Å². The van der Waals surface area contributed by atoms with Crippen LogP contribution in [0.3, 0.4) is 0 Å². The van der Waals surface area contributed by atoms with Gasteiger partial charge in [-0.25, -0.2) is 0 Å². The molecule has 1 fully saturated rings. The Labute approximate surface area is 151 Å². The van der Waals surface area contributed by atoms with E-state index in [1.807, 2.05) is 24.3 Å². The molecule has 0 saturated heterocycles. The van der Waals surface area contributed by atoms with E-state index < -0.39 is 0 Å². The number of benzene rings is 1. The van der Waals surface area contributed by atoms with Crippen LogP contribution in [0.25, 0.3) is 0 Å². The number of hydrogen-bond acceptors (Lipinski definition) is 3. The zero-order valence-corrected chi connectivity index (χ0v) is 15.3. The van der Waals surface area contributed by atoms with Gasteiger partial charge in [0.2, 0.25) is 5.91 Å². The molecule has 2 rings (SSSR count). The molecule has 4 nitrogen and oxygen atoms in total. The van der Waals surface area contributed by atoms with Crippen molar-refractivity contribution in [3.05, 3.63) is 29.8 Å². The summed E-state index contributed by atoms with van der Waals surface area (Å²) in [5.41, 5.74) is 6.53. The van der Waals surface area contributed by atoms with Gasteiger partial charge in [-0.2, -0.15) is 0 Å². The lowest BCUT2D eigenvalue weighted by Crippen LogP contribution is -2.23. The zero-order chi connectivity index (χ0) is 16.3. The second kappa shape index (κ2) is 12.2. The predicted molar refractivity (Wildman–Crippen MR) is 101 cm³/mol. The molecule has 0 atom stereocenters. The van der Waals surface area contributed by atoms with Crippen molar-refractivity contribution < 1.29 is 9.53 Å². The van der Waals surface area contributed by atoms with Gasteiger partial charge in [0.05, 0.1) is 6.10 Å². The molecular weight excluding hydrogens is 324 g/mol. The molecule has 0 aromatic heterocycles. The number of nitrogens with one attached hydrogen (secondary N) is 1. The molecule has 1 aliphatic carbocycles. The molecule has 0 radical (unpaired) electrons. The third-order valence-electron chi connectivity index (χ3n) is 4.40. The van der Waals surface area contributed by atoms with E-state index in [-0.39, 0.29) is 18.3 Å². The Balaban J connectivity index is 0.00000288. The van der Waals surface area contributed by atoms with Crippen LogP contribution < -0.4 is 15.8 Å². The van der Waals surface area contributed by atoms with Crippen molar-refractivity contribution in [2.24, 2.45) is 5.73 Å². The lowest BCUT2D eigenvalue weighted by atomic mass is 10.1. The number of unbranched alkanes of at least 4 members (excludes halogenated alkanes) is 3. The van der Waals surface area contributed by atoms with Gasteiger partial charge in [0.1, 0.15) is 5.75 Å². The second-order valence-corrected chi connectivity index (χ2v) is 6.36. The van der Waals surface area contributed by atoms with Crippen LogP contribution in [0.5, 0.6) is 5.75 Å². The Bertz CT molecular complexity index is 476. The highest BCUT2D eigenvalue weighted by Crippen LogP contribution is 2.26. The first-order valence-electron chi connectivity index (χ1n) is 9.01. The Morgan fingerprint density at radius 1 is 1.12 bits per heavy atom. The van der Waals surface area contributed by atoms with Crippen LogP contribution in [0.4, 0.5) is 0 Å². The monoisotopic (exact) mass is 354 g/mol. The zero-order valence-electron chi connectivity index (χ0n) is 14.5. The van der Waals surface area contributed by atoms with E-state index in [4.69, 9.17) is 10.5 Å². The minimum atomic E-state index is 0. The molecule has 1 amide bonds. The SMILES string of the molecule is Cl.NCCCCCCC(=O)NCc1ccccc1OC1CCCC1. The lowest BCUT2D eigenvalue weighted by Gasteiger charge is -2.16. The summed E-state index contributed by atoms with van der Waals surface area (Å²) in [6.07, 6.45) is 9.91. The fraction of sp³-hybridized carbons (Fsp3) is 0.632. The van der Waals surface area contributed by atoms with E-state index in [0.717, 1.165) is 56.4 Å². The number of amides is 1. The Morgan fingerprint density at radius 3 is 2.58 bits per heavy atom. The quantitative estimate of drug-likeness (QED) is 0.625. The van der Waals surface area contributed by atoms with Gasteiger partial charge in [-0.15, -0.1) is 12.4 Å². The molecule has 3 N–H and O–H groups in total. The van der Waals surface area contributed by atoms with E-state index in [1.165, 1.54) is 12.8 Å². The number of rotatable bonds is 10. The smallest absolute Gasteiger partial charge is 0.220 e. The van der Waals surface area contributed by atoms with Crippen LogP contribution in [0.2, 0.25) is 0 Å². The summed E-state index contributed by atoms with van der Waals surface area (Å²) < 4.78 is 6.10. The summed E-state index contributed by atoms with van der Waals surface area (Å²) in [6, 6.07) is 8.03. The Morgan fingerprint density at radius 2 is 1.83 bits per heavy atom. The highest BCUT2D eigenvalue weighted by molar-refractivity contribution is 5.85. The van der Waals surface area contributed by atoms with Crippen molar-refractivity contribution in [1.29, 1.82) is 0 Å². The number of carbonyl (C=O) groups excluding carboxylic acids is 1. The molecule has 1 aliphatic rings. The van der Waals surface area contributed by atoms with Gasteiger partial charge < -0.3 is 15.8 Å². The van der Waals surface area contributed by atoms with Gasteiger partial charge in [0.15, 0.2) is 0 Å². The van der Waals surface area contributed by atoms with Gasteiger partial charge in [-0.3, -0.25) is 4.79 Å². The summed E-state index contributed by atoms with van der Waals surface area (Å²) in [5, 5.41) is 3.01. The molecule has 0 unspecified atom stereocenters. The average Bonchev–Trinajstić information content (AvgIpc) is 3.07. The topological polar surface area (TPSA) is 64.4 Å². The van der Waals surface area contributed by atoms with E-state index >= 15 is 0 Å². The highest BCUT2D eigenvalue weighted by Gasteiger charge is 2.17. The second-order valence-electron chi connectivity index (χ2n) is 6.36. The van der Waals surface area contributed by atoms with Crippen LogP contribution in [-0.2, 0) is 11.3 Å². The number of hydrogen-bond donors (Lipinski definition) is 2. The number of para-hydroxylation sites is 1. The molecule has 0 heterocycles. The number of nitrogens with two attached hydrogens (primary N) is 1. The van der Waals surface area contributed by atoms with Crippen molar-refractivity contribution in [3.8, 4) is 5.75 Å². The van der Waals surface area contributed by atoms with Crippen LogP contribution in [-0.4, -0.2) is 18.6 Å². The molecule has 1 aromatic rings. The van der Waals surface area contributed by atoms with E-state index in [2.05, 4.69) is 5.32 Å². The molecule has 0 aliphatic heterocycles. The first-order chi connectivity index (χ1) is 11.3. The Hall–Kier alpha value is -1.26. The summed E-state index contributed by atoms with van der Waals surface area (Å²) in [5.74, 6) is 1.04. The first kappa shape index (κ1) is 20.8. The maximum atomic E-state index is 11.9. The van der Waals surface area contributed by atoms with Gasteiger partial charge in [-0.1, -0.05) is 31.0 Å². The van der Waals surface area contributed by atoms with Crippen molar-refractivity contribution in [1.82, 2.24) is 5.32 Å². The Kier molecular flexibility index (Phi) is 10.5. The van der Waals surface area contributed by atoms with E-state index in [1.54, 1.807) is 0 Å². The van der Waals surface area contributed by atoms with Gasteiger partial charge in [0.25, 0.3) is 0 Å². The molecule has 24 heavy (non-hydrogen) atoms. The first-order valence-corrected chi connectivity index (χ1v) is 9.01. The molecule has 136 valence electrons. The lowest BCUT2D eigenvalue weighted by molar-refractivity contribution is -0.121. The van der Waals surface area contributed by atoms with Gasteiger partial charge in [-0.05, 0) is 51.1 Å². The summed E-state index contributed by atoms with van der Waals surface area (Å²) in [7, 11) is 0. The molecule has 0 bridgehead atoms. The van der Waals surface area contributed by atoms with E-state index in [0.29, 0.717) is 19.1 Å². The predicted octanol–water partition coefficient (Wildman–Crippen LogP) is 3.96. The summed E-state index contributed by atoms with van der Waals surface area (Å²) >= 11 is 0. The molecule has 1 saturated carbocycles. The third-order valence-corrected chi connectivity index (χ3v) is 4.40. The van der Waals surface area contributed by atoms with Crippen molar-refractivity contribution in [3.63, 3.8) is 0 Å². The fourth-order valence-electron chi connectivity index (χ4n) is 3.02. The minimum Gasteiger partial charge on any atom is -0.490 e.